The normalized spacial score (nSPS) is 9.28. The SMILES string of the molecule is COC(=O)c1cc(F)c(C#CCBr)cc1[N+](=O)[O-]. The maximum atomic E-state index is 13.6. The third-order valence-electron chi connectivity index (χ3n) is 1.98. The Morgan fingerprint density at radius 2 is 2.28 bits per heavy atom. The molecule has 0 heterocycles. The highest BCUT2D eigenvalue weighted by atomic mass is 79.9. The third kappa shape index (κ3) is 3.05. The predicted octanol–water partition coefficient (Wildman–Crippen LogP) is 2.27. The van der Waals surface area contributed by atoms with Gasteiger partial charge in [-0.2, -0.15) is 0 Å². The lowest BCUT2D eigenvalue weighted by Gasteiger charge is -2.02. The zero-order chi connectivity index (χ0) is 13.7. The molecule has 0 amide bonds. The van der Waals surface area contributed by atoms with E-state index in [1.54, 1.807) is 0 Å². The summed E-state index contributed by atoms with van der Waals surface area (Å²) in [6.07, 6.45) is 0. The van der Waals surface area contributed by atoms with Crippen LogP contribution in [0.3, 0.4) is 0 Å². The van der Waals surface area contributed by atoms with Gasteiger partial charge in [-0.15, -0.1) is 0 Å². The smallest absolute Gasteiger partial charge is 0.344 e. The molecule has 0 fully saturated rings. The summed E-state index contributed by atoms with van der Waals surface area (Å²) in [5.41, 5.74) is -1.12. The fourth-order valence-electron chi connectivity index (χ4n) is 1.21. The van der Waals surface area contributed by atoms with Crippen molar-refractivity contribution >= 4 is 27.6 Å². The Balaban J connectivity index is 3.43. The van der Waals surface area contributed by atoms with Gasteiger partial charge in [0.1, 0.15) is 11.4 Å². The highest BCUT2D eigenvalue weighted by Gasteiger charge is 2.23. The number of carbonyl (C=O) groups is 1. The summed E-state index contributed by atoms with van der Waals surface area (Å²) in [5.74, 6) is 3.15. The van der Waals surface area contributed by atoms with Crippen molar-refractivity contribution in [3.63, 3.8) is 0 Å². The summed E-state index contributed by atoms with van der Waals surface area (Å²) in [7, 11) is 1.06. The van der Waals surface area contributed by atoms with Crippen LogP contribution < -0.4 is 0 Å². The molecule has 0 aliphatic rings. The molecule has 0 spiro atoms. The van der Waals surface area contributed by atoms with E-state index in [4.69, 9.17) is 0 Å². The Kier molecular flexibility index (Phi) is 4.80. The van der Waals surface area contributed by atoms with Crippen LogP contribution in [0.4, 0.5) is 10.1 Å². The summed E-state index contributed by atoms with van der Waals surface area (Å²) in [6.45, 7) is 0. The van der Waals surface area contributed by atoms with Crippen molar-refractivity contribution in [3.05, 3.63) is 39.2 Å². The van der Waals surface area contributed by atoms with Crippen LogP contribution in [0.25, 0.3) is 0 Å². The molecule has 0 N–H and O–H groups in total. The summed E-state index contributed by atoms with van der Waals surface area (Å²) in [4.78, 5) is 21.3. The zero-order valence-electron chi connectivity index (χ0n) is 9.20. The molecule has 1 rings (SSSR count). The van der Waals surface area contributed by atoms with Gasteiger partial charge in [-0.05, 0) is 6.07 Å². The van der Waals surface area contributed by atoms with E-state index < -0.39 is 28.0 Å². The van der Waals surface area contributed by atoms with E-state index in [0.717, 1.165) is 19.2 Å². The molecule has 1 aromatic rings. The molecule has 0 aromatic heterocycles. The number of esters is 1. The molecule has 5 nitrogen and oxygen atoms in total. The molecule has 0 saturated heterocycles. The van der Waals surface area contributed by atoms with Crippen LogP contribution in [-0.4, -0.2) is 23.3 Å². The average molecular weight is 316 g/mol. The second-order valence-corrected chi connectivity index (χ2v) is 3.59. The molecule has 0 radical (unpaired) electrons. The van der Waals surface area contributed by atoms with Gasteiger partial charge >= 0.3 is 5.97 Å². The van der Waals surface area contributed by atoms with E-state index in [1.807, 2.05) is 0 Å². The number of hydrogen-bond donors (Lipinski definition) is 0. The number of carbonyl (C=O) groups excluding carboxylic acids is 1. The van der Waals surface area contributed by atoms with Crippen molar-refractivity contribution in [3.8, 4) is 11.8 Å². The Bertz CT molecular complexity index is 562. The summed E-state index contributed by atoms with van der Waals surface area (Å²) >= 11 is 3.02. The highest BCUT2D eigenvalue weighted by Crippen LogP contribution is 2.23. The van der Waals surface area contributed by atoms with Crippen molar-refractivity contribution in [2.24, 2.45) is 0 Å². The van der Waals surface area contributed by atoms with Crippen LogP contribution in [0.1, 0.15) is 15.9 Å². The van der Waals surface area contributed by atoms with Crippen molar-refractivity contribution in [1.82, 2.24) is 0 Å². The number of methoxy groups -OCH3 is 1. The molecule has 18 heavy (non-hydrogen) atoms. The third-order valence-corrected chi connectivity index (χ3v) is 2.26. The number of benzene rings is 1. The maximum Gasteiger partial charge on any atom is 0.344 e. The Morgan fingerprint density at radius 1 is 1.61 bits per heavy atom. The minimum atomic E-state index is -0.972. The van der Waals surface area contributed by atoms with Gasteiger partial charge in [-0.3, -0.25) is 10.1 Å². The van der Waals surface area contributed by atoms with E-state index in [2.05, 4.69) is 32.5 Å². The van der Waals surface area contributed by atoms with Crippen LogP contribution in [0.2, 0.25) is 0 Å². The van der Waals surface area contributed by atoms with Crippen LogP contribution in [0.5, 0.6) is 0 Å². The van der Waals surface area contributed by atoms with Crippen molar-refractivity contribution in [2.75, 3.05) is 12.4 Å². The summed E-state index contributed by atoms with van der Waals surface area (Å²) in [6, 6.07) is 1.67. The first-order chi connectivity index (χ1) is 8.51. The number of hydrogen-bond acceptors (Lipinski definition) is 4. The second kappa shape index (κ2) is 6.12. The van der Waals surface area contributed by atoms with Crippen LogP contribution in [0, 0.1) is 27.8 Å². The number of nitrogens with zero attached hydrogens (tertiary/aromatic N) is 1. The van der Waals surface area contributed by atoms with Gasteiger partial charge < -0.3 is 4.74 Å². The minimum Gasteiger partial charge on any atom is -0.465 e. The molecular weight excluding hydrogens is 309 g/mol. The van der Waals surface area contributed by atoms with E-state index in [0.29, 0.717) is 5.33 Å². The molecular formula is C11H7BrFNO4. The molecule has 0 aliphatic carbocycles. The molecule has 0 atom stereocenters. The monoisotopic (exact) mass is 315 g/mol. The quantitative estimate of drug-likeness (QED) is 0.276. The maximum absolute atomic E-state index is 13.6. The highest BCUT2D eigenvalue weighted by molar-refractivity contribution is 9.09. The molecule has 0 unspecified atom stereocenters. The van der Waals surface area contributed by atoms with Gasteiger partial charge in [-0.1, -0.05) is 27.8 Å². The number of nitro groups is 1. The Morgan fingerprint density at radius 3 is 2.78 bits per heavy atom. The zero-order valence-corrected chi connectivity index (χ0v) is 10.8. The summed E-state index contributed by atoms with van der Waals surface area (Å²) < 4.78 is 17.9. The summed E-state index contributed by atoms with van der Waals surface area (Å²) in [5, 5.41) is 11.1. The first kappa shape index (κ1) is 14.1. The van der Waals surface area contributed by atoms with E-state index >= 15 is 0 Å². The van der Waals surface area contributed by atoms with Crippen molar-refractivity contribution in [1.29, 1.82) is 0 Å². The first-order valence-corrected chi connectivity index (χ1v) is 5.74. The van der Waals surface area contributed by atoms with Crippen LogP contribution in [-0.2, 0) is 4.74 Å². The van der Waals surface area contributed by atoms with Gasteiger partial charge in [-0.25, -0.2) is 9.18 Å². The van der Waals surface area contributed by atoms with Gasteiger partial charge in [0.05, 0.1) is 22.9 Å². The lowest BCUT2D eigenvalue weighted by molar-refractivity contribution is -0.385. The van der Waals surface area contributed by atoms with Gasteiger partial charge in [0, 0.05) is 6.07 Å². The fraction of sp³-hybridized carbons (Fsp3) is 0.182. The lowest BCUT2D eigenvalue weighted by Crippen LogP contribution is -2.07. The molecule has 0 bridgehead atoms. The molecule has 0 saturated carbocycles. The number of ether oxygens (including phenoxy) is 1. The first-order valence-electron chi connectivity index (χ1n) is 4.62. The predicted molar refractivity (Wildman–Crippen MR) is 65.1 cm³/mol. The van der Waals surface area contributed by atoms with Crippen molar-refractivity contribution in [2.45, 2.75) is 0 Å². The molecule has 1 aromatic carbocycles. The van der Waals surface area contributed by atoms with E-state index in [1.165, 1.54) is 0 Å². The number of rotatable bonds is 2. The topological polar surface area (TPSA) is 69.4 Å². The molecule has 7 heteroatoms. The molecule has 0 aliphatic heterocycles. The standard InChI is InChI=1S/C11H7BrFNO4/c1-18-11(15)8-6-9(13)7(3-2-4-12)5-10(8)14(16)17/h5-6H,4H2,1H3. The second-order valence-electron chi connectivity index (χ2n) is 3.03. The van der Waals surface area contributed by atoms with Gasteiger partial charge in [0.25, 0.3) is 5.69 Å². The minimum absolute atomic E-state index is 0.145. The van der Waals surface area contributed by atoms with E-state index in [-0.39, 0.29) is 5.56 Å². The number of halogens is 2. The fourth-order valence-corrected chi connectivity index (χ4v) is 1.35. The van der Waals surface area contributed by atoms with Gasteiger partial charge in [0.2, 0.25) is 0 Å². The van der Waals surface area contributed by atoms with E-state index in [9.17, 15) is 19.3 Å². The lowest BCUT2D eigenvalue weighted by atomic mass is 10.1. The average Bonchev–Trinajstić information content (AvgIpc) is 2.35. The van der Waals surface area contributed by atoms with Crippen LogP contribution >= 0.6 is 15.9 Å². The van der Waals surface area contributed by atoms with Gasteiger partial charge in [0.15, 0.2) is 0 Å². The Labute approximate surface area is 110 Å². The van der Waals surface area contributed by atoms with Crippen LogP contribution in [0.15, 0.2) is 12.1 Å². The largest absolute Gasteiger partial charge is 0.465 e. The number of alkyl halides is 1. The molecule has 94 valence electrons. The Hall–Kier alpha value is -1.94. The number of nitro benzene ring substituents is 1. The van der Waals surface area contributed by atoms with Crippen molar-refractivity contribution < 1.29 is 18.8 Å².